The highest BCUT2D eigenvalue weighted by Crippen LogP contribution is 2.43. The monoisotopic (exact) mass is 276 g/mol. The lowest BCUT2D eigenvalue weighted by atomic mass is 10.1. The molecule has 1 aromatic heterocycles. The van der Waals surface area contributed by atoms with E-state index in [9.17, 15) is 4.79 Å². The van der Waals surface area contributed by atoms with Crippen LogP contribution in [0.5, 0.6) is 0 Å². The van der Waals surface area contributed by atoms with Crippen molar-refractivity contribution < 1.29 is 9.53 Å². The molecular formula is C16H24N2O2. The zero-order valence-electron chi connectivity index (χ0n) is 12.3. The number of esters is 1. The Morgan fingerprint density at radius 3 is 2.55 bits per heavy atom. The third-order valence-corrected chi connectivity index (χ3v) is 4.46. The van der Waals surface area contributed by atoms with Crippen molar-refractivity contribution in [2.75, 3.05) is 6.61 Å². The van der Waals surface area contributed by atoms with Gasteiger partial charge >= 0.3 is 5.97 Å². The molecule has 0 aromatic carbocycles. The minimum Gasteiger partial charge on any atom is -0.462 e. The van der Waals surface area contributed by atoms with E-state index in [0.29, 0.717) is 24.1 Å². The zero-order valence-corrected chi connectivity index (χ0v) is 12.3. The van der Waals surface area contributed by atoms with Gasteiger partial charge in [0.15, 0.2) is 0 Å². The summed E-state index contributed by atoms with van der Waals surface area (Å²) in [4.78, 5) is 12.1. The summed E-state index contributed by atoms with van der Waals surface area (Å²) in [5, 5.41) is 4.56. The molecule has 0 atom stereocenters. The van der Waals surface area contributed by atoms with Gasteiger partial charge in [-0.1, -0.05) is 25.7 Å². The topological polar surface area (TPSA) is 44.1 Å². The van der Waals surface area contributed by atoms with Gasteiger partial charge in [-0.2, -0.15) is 5.10 Å². The van der Waals surface area contributed by atoms with Crippen molar-refractivity contribution in [1.29, 1.82) is 0 Å². The quantitative estimate of drug-likeness (QED) is 0.620. The molecule has 3 rings (SSSR count). The molecule has 4 nitrogen and oxygen atoms in total. The average Bonchev–Trinajstić information content (AvgIpc) is 3.23. The Balaban J connectivity index is 1.88. The molecule has 2 fully saturated rings. The highest BCUT2D eigenvalue weighted by molar-refractivity contribution is 5.90. The van der Waals surface area contributed by atoms with Gasteiger partial charge in [-0.25, -0.2) is 4.79 Å². The molecule has 2 aliphatic carbocycles. The predicted molar refractivity (Wildman–Crippen MR) is 76.9 cm³/mol. The standard InChI is InChI=1S/C16H24N2O2/c1-2-20-16(19)14-11-17-18(15(14)12-9-10-12)13-7-5-3-4-6-8-13/h11-13H,2-10H2,1H3. The van der Waals surface area contributed by atoms with Gasteiger partial charge in [-0.15, -0.1) is 0 Å². The second kappa shape index (κ2) is 5.98. The van der Waals surface area contributed by atoms with Crippen LogP contribution >= 0.6 is 0 Å². The normalized spacial score (nSPS) is 20.6. The maximum atomic E-state index is 12.1. The van der Waals surface area contributed by atoms with Crippen molar-refractivity contribution >= 4 is 5.97 Å². The fourth-order valence-electron chi connectivity index (χ4n) is 3.29. The Morgan fingerprint density at radius 2 is 1.95 bits per heavy atom. The summed E-state index contributed by atoms with van der Waals surface area (Å²) in [6.45, 7) is 2.28. The summed E-state index contributed by atoms with van der Waals surface area (Å²) in [6, 6.07) is 0.483. The molecular weight excluding hydrogens is 252 g/mol. The van der Waals surface area contributed by atoms with E-state index in [1.54, 1.807) is 6.20 Å². The Kier molecular flexibility index (Phi) is 4.08. The summed E-state index contributed by atoms with van der Waals surface area (Å²) in [5.41, 5.74) is 1.86. The average molecular weight is 276 g/mol. The third-order valence-electron chi connectivity index (χ3n) is 4.46. The van der Waals surface area contributed by atoms with E-state index in [1.807, 2.05) is 6.92 Å². The number of hydrogen-bond donors (Lipinski definition) is 0. The number of hydrogen-bond acceptors (Lipinski definition) is 3. The minimum atomic E-state index is -0.200. The van der Waals surface area contributed by atoms with Crippen LogP contribution in [0.1, 0.15) is 86.3 Å². The number of aromatic nitrogens is 2. The Labute approximate surface area is 120 Å². The molecule has 0 amide bonds. The molecule has 110 valence electrons. The minimum absolute atomic E-state index is 0.200. The predicted octanol–water partition coefficient (Wildman–Crippen LogP) is 3.83. The van der Waals surface area contributed by atoms with Crippen molar-refractivity contribution in [2.45, 2.75) is 70.3 Å². The SMILES string of the molecule is CCOC(=O)c1cnn(C2CCCCCC2)c1C1CC1. The first kappa shape index (κ1) is 13.7. The Morgan fingerprint density at radius 1 is 1.25 bits per heavy atom. The molecule has 20 heavy (non-hydrogen) atoms. The van der Waals surface area contributed by atoms with Crippen LogP contribution in [0.15, 0.2) is 6.20 Å². The van der Waals surface area contributed by atoms with Crippen LogP contribution in [-0.4, -0.2) is 22.4 Å². The van der Waals surface area contributed by atoms with Gasteiger partial charge in [0.25, 0.3) is 0 Å². The zero-order chi connectivity index (χ0) is 13.9. The van der Waals surface area contributed by atoms with Crippen LogP contribution < -0.4 is 0 Å². The molecule has 0 unspecified atom stereocenters. The lowest BCUT2D eigenvalue weighted by molar-refractivity contribution is 0.0524. The lowest BCUT2D eigenvalue weighted by Gasteiger charge is -2.18. The Hall–Kier alpha value is -1.32. The molecule has 0 bridgehead atoms. The summed E-state index contributed by atoms with van der Waals surface area (Å²) in [5.74, 6) is 0.328. The molecule has 1 aromatic rings. The van der Waals surface area contributed by atoms with Crippen LogP contribution in [0, 0.1) is 0 Å². The first-order valence-electron chi connectivity index (χ1n) is 8.05. The van der Waals surface area contributed by atoms with Gasteiger partial charge in [0.2, 0.25) is 0 Å². The van der Waals surface area contributed by atoms with Crippen LogP contribution in [0.4, 0.5) is 0 Å². The summed E-state index contributed by atoms with van der Waals surface area (Å²) >= 11 is 0. The van der Waals surface area contributed by atoms with E-state index in [1.165, 1.54) is 51.4 Å². The summed E-state index contributed by atoms with van der Waals surface area (Å²) in [6.07, 6.45) is 11.7. The van der Waals surface area contributed by atoms with Crippen LogP contribution in [0.25, 0.3) is 0 Å². The first-order chi connectivity index (χ1) is 9.81. The molecule has 1 heterocycles. The van der Waals surface area contributed by atoms with Crippen molar-refractivity contribution in [3.8, 4) is 0 Å². The second-order valence-corrected chi connectivity index (χ2v) is 6.03. The van der Waals surface area contributed by atoms with Crippen molar-refractivity contribution in [3.05, 3.63) is 17.5 Å². The second-order valence-electron chi connectivity index (χ2n) is 6.03. The number of rotatable bonds is 4. The molecule has 0 spiro atoms. The fourth-order valence-corrected chi connectivity index (χ4v) is 3.29. The Bertz CT molecular complexity index is 469. The molecule has 2 saturated carbocycles. The largest absolute Gasteiger partial charge is 0.462 e. The van der Waals surface area contributed by atoms with E-state index < -0.39 is 0 Å². The molecule has 0 aliphatic heterocycles. The summed E-state index contributed by atoms with van der Waals surface area (Å²) in [7, 11) is 0. The fraction of sp³-hybridized carbons (Fsp3) is 0.750. The highest BCUT2D eigenvalue weighted by Gasteiger charge is 2.34. The van der Waals surface area contributed by atoms with E-state index in [2.05, 4.69) is 9.78 Å². The lowest BCUT2D eigenvalue weighted by Crippen LogP contribution is -2.15. The van der Waals surface area contributed by atoms with Crippen molar-refractivity contribution in [1.82, 2.24) is 9.78 Å². The number of carbonyl (C=O) groups is 1. The molecule has 0 N–H and O–H groups in total. The third kappa shape index (κ3) is 2.74. The van der Waals surface area contributed by atoms with Gasteiger partial charge in [0, 0.05) is 5.92 Å². The summed E-state index contributed by atoms with van der Waals surface area (Å²) < 4.78 is 7.34. The van der Waals surface area contributed by atoms with E-state index in [0.717, 1.165) is 5.69 Å². The number of nitrogens with zero attached hydrogens (tertiary/aromatic N) is 2. The van der Waals surface area contributed by atoms with E-state index in [4.69, 9.17) is 4.74 Å². The smallest absolute Gasteiger partial charge is 0.341 e. The van der Waals surface area contributed by atoms with E-state index >= 15 is 0 Å². The first-order valence-corrected chi connectivity index (χ1v) is 8.05. The van der Waals surface area contributed by atoms with Crippen molar-refractivity contribution in [3.63, 3.8) is 0 Å². The van der Waals surface area contributed by atoms with E-state index in [-0.39, 0.29) is 5.97 Å². The maximum Gasteiger partial charge on any atom is 0.341 e. The highest BCUT2D eigenvalue weighted by atomic mass is 16.5. The molecule has 0 saturated heterocycles. The van der Waals surface area contributed by atoms with Gasteiger partial charge in [0.1, 0.15) is 5.56 Å². The molecule has 2 aliphatic rings. The number of ether oxygens (including phenoxy) is 1. The molecule has 4 heteroatoms. The van der Waals surface area contributed by atoms with Gasteiger partial charge < -0.3 is 4.74 Å². The number of carbonyl (C=O) groups excluding carboxylic acids is 1. The van der Waals surface area contributed by atoms with Crippen LogP contribution in [-0.2, 0) is 4.74 Å². The molecule has 0 radical (unpaired) electrons. The van der Waals surface area contributed by atoms with Crippen LogP contribution in [0.2, 0.25) is 0 Å². The van der Waals surface area contributed by atoms with Crippen LogP contribution in [0.3, 0.4) is 0 Å². The van der Waals surface area contributed by atoms with Gasteiger partial charge in [0.05, 0.1) is 24.5 Å². The van der Waals surface area contributed by atoms with Gasteiger partial charge in [-0.05, 0) is 32.6 Å². The van der Waals surface area contributed by atoms with Crippen molar-refractivity contribution in [2.24, 2.45) is 0 Å². The van der Waals surface area contributed by atoms with Gasteiger partial charge in [-0.3, -0.25) is 4.68 Å². The maximum absolute atomic E-state index is 12.1.